The van der Waals surface area contributed by atoms with E-state index in [1.807, 2.05) is 18.2 Å². The molecule has 5 rings (SSSR count). The van der Waals surface area contributed by atoms with Crippen molar-refractivity contribution in [2.75, 3.05) is 11.4 Å². The molecule has 2 aliphatic heterocycles. The minimum atomic E-state index is -1.46. The first-order valence-electron chi connectivity index (χ1n) is 9.95. The Morgan fingerprint density at radius 2 is 1.78 bits per heavy atom. The smallest absolute Gasteiger partial charge is 0.361 e. The molecule has 0 radical (unpaired) electrons. The zero-order valence-electron chi connectivity index (χ0n) is 16.7. The summed E-state index contributed by atoms with van der Waals surface area (Å²) in [5, 5.41) is 19.0. The normalized spacial score (nSPS) is 15.8. The van der Waals surface area contributed by atoms with Crippen LogP contribution in [0, 0.1) is 10.1 Å². The van der Waals surface area contributed by atoms with E-state index in [2.05, 4.69) is 10.3 Å². The van der Waals surface area contributed by atoms with Gasteiger partial charge >= 0.3 is 11.7 Å². The van der Waals surface area contributed by atoms with E-state index in [1.54, 1.807) is 11.0 Å². The van der Waals surface area contributed by atoms with E-state index in [0.29, 0.717) is 31.5 Å². The Bertz CT molecular complexity index is 1330. The Balaban J connectivity index is 1.28. The summed E-state index contributed by atoms with van der Waals surface area (Å²) in [7, 11) is 0. The van der Waals surface area contributed by atoms with Crippen molar-refractivity contribution in [3.05, 3.63) is 81.0 Å². The van der Waals surface area contributed by atoms with E-state index >= 15 is 0 Å². The first kappa shape index (κ1) is 19.7. The van der Waals surface area contributed by atoms with Crippen molar-refractivity contribution in [3.8, 4) is 0 Å². The molecule has 1 aromatic heterocycles. The van der Waals surface area contributed by atoms with Gasteiger partial charge in [0.05, 0.1) is 21.6 Å². The lowest BCUT2D eigenvalue weighted by Gasteiger charge is -2.22. The van der Waals surface area contributed by atoms with Crippen LogP contribution in [0.25, 0.3) is 10.9 Å². The predicted octanol–water partition coefficient (Wildman–Crippen LogP) is 2.20. The Morgan fingerprint density at radius 3 is 2.56 bits per heavy atom. The summed E-state index contributed by atoms with van der Waals surface area (Å²) in [6.45, 7) is 0.703. The summed E-state index contributed by atoms with van der Waals surface area (Å²) in [5.74, 6) is -1.76. The number of unbranched alkanes of at least 4 members (excludes halogenated alkanes) is 1. The number of fused-ring (bicyclic) bond motifs is 3. The number of nitro benzene ring substituents is 1. The fraction of sp³-hybridized carbons (Fsp3) is 0.238. The van der Waals surface area contributed by atoms with Crippen LogP contribution in [0.1, 0.15) is 18.4 Å². The molecule has 3 heterocycles. The van der Waals surface area contributed by atoms with Crippen LogP contribution in [0.15, 0.2) is 59.8 Å². The molecule has 1 spiro atoms. The van der Waals surface area contributed by atoms with Gasteiger partial charge in [0.2, 0.25) is 0 Å². The van der Waals surface area contributed by atoms with Crippen LogP contribution in [0.3, 0.4) is 0 Å². The Hall–Kier alpha value is -4.28. The van der Waals surface area contributed by atoms with Gasteiger partial charge in [-0.25, -0.2) is 4.68 Å². The summed E-state index contributed by atoms with van der Waals surface area (Å²) < 4.78 is 12.3. The number of non-ortho nitro benzene ring substituents is 1. The summed E-state index contributed by atoms with van der Waals surface area (Å²) in [6.07, 6.45) is 3.87. The first-order chi connectivity index (χ1) is 15.5. The number of nitro groups is 1. The van der Waals surface area contributed by atoms with Crippen molar-refractivity contribution < 1.29 is 19.2 Å². The maximum absolute atomic E-state index is 13.0. The molecule has 0 fully saturated rings. The zero-order chi connectivity index (χ0) is 22.3. The van der Waals surface area contributed by atoms with Crippen molar-refractivity contribution in [1.29, 1.82) is 0 Å². The highest BCUT2D eigenvalue weighted by Crippen LogP contribution is 2.45. The van der Waals surface area contributed by atoms with Gasteiger partial charge in [-0.3, -0.25) is 19.7 Å². The molecule has 0 unspecified atom stereocenters. The molecule has 32 heavy (non-hydrogen) atoms. The van der Waals surface area contributed by atoms with Crippen molar-refractivity contribution >= 4 is 28.2 Å². The molecule has 11 heteroatoms. The number of hydrogen-bond acceptors (Lipinski definition) is 8. The molecular weight excluding hydrogens is 418 g/mol. The number of nitrogens with zero attached hydrogens (tertiary/aromatic N) is 5. The SMILES string of the molecule is O=C1N(CCCCn2nnc3cc([N+](=O)[O-])ccc3c2=O)c2ccccc2C12OC=CO2. The van der Waals surface area contributed by atoms with Gasteiger partial charge in [-0.15, -0.1) is 5.10 Å². The first-order valence-corrected chi connectivity index (χ1v) is 9.95. The molecule has 0 bridgehead atoms. The summed E-state index contributed by atoms with van der Waals surface area (Å²) in [6, 6.07) is 11.2. The second-order valence-corrected chi connectivity index (χ2v) is 7.38. The molecule has 0 saturated carbocycles. The topological polar surface area (TPSA) is 130 Å². The van der Waals surface area contributed by atoms with E-state index in [9.17, 15) is 19.7 Å². The van der Waals surface area contributed by atoms with Gasteiger partial charge in [0.15, 0.2) is 0 Å². The molecule has 162 valence electrons. The number of aryl methyl sites for hydroxylation is 1. The fourth-order valence-corrected chi connectivity index (χ4v) is 3.97. The number of amides is 1. The molecule has 0 atom stereocenters. The standard InChI is InChI=1S/C21H17N5O6/c27-19-15-8-7-14(26(29)30)13-17(15)22-23-25(19)10-4-3-9-24-18-6-2-1-5-16(18)21(20(24)28)31-11-12-32-21/h1-2,5-8,11-13H,3-4,9-10H2. The molecule has 2 aliphatic rings. The minimum Gasteiger partial charge on any atom is -0.445 e. The van der Waals surface area contributed by atoms with Crippen molar-refractivity contribution in [3.63, 3.8) is 0 Å². The molecule has 1 amide bonds. The lowest BCUT2D eigenvalue weighted by Crippen LogP contribution is -2.41. The average molecular weight is 435 g/mol. The Morgan fingerprint density at radius 1 is 1.03 bits per heavy atom. The fourth-order valence-electron chi connectivity index (χ4n) is 3.97. The van der Waals surface area contributed by atoms with E-state index in [1.165, 1.54) is 35.4 Å². The number of aromatic nitrogens is 3. The van der Waals surface area contributed by atoms with Crippen molar-refractivity contribution in [2.45, 2.75) is 25.2 Å². The highest BCUT2D eigenvalue weighted by molar-refractivity contribution is 6.06. The summed E-state index contributed by atoms with van der Waals surface area (Å²) in [5.41, 5.74) is 1.04. The zero-order valence-corrected chi connectivity index (χ0v) is 16.7. The van der Waals surface area contributed by atoms with Gasteiger partial charge in [-0.1, -0.05) is 17.3 Å². The van der Waals surface area contributed by atoms with E-state index in [-0.39, 0.29) is 28.1 Å². The van der Waals surface area contributed by atoms with Crippen molar-refractivity contribution in [2.24, 2.45) is 0 Å². The van der Waals surface area contributed by atoms with E-state index in [4.69, 9.17) is 9.47 Å². The maximum atomic E-state index is 13.0. The van der Waals surface area contributed by atoms with E-state index in [0.717, 1.165) is 5.69 Å². The van der Waals surface area contributed by atoms with Crippen LogP contribution in [-0.4, -0.2) is 32.4 Å². The summed E-state index contributed by atoms with van der Waals surface area (Å²) >= 11 is 0. The van der Waals surface area contributed by atoms with Crippen LogP contribution in [-0.2, 0) is 26.6 Å². The minimum absolute atomic E-state index is 0.150. The van der Waals surface area contributed by atoms with Crippen LogP contribution >= 0.6 is 0 Å². The largest absolute Gasteiger partial charge is 0.445 e. The van der Waals surface area contributed by atoms with Gasteiger partial charge in [0.25, 0.3) is 11.2 Å². The molecule has 3 aromatic rings. The van der Waals surface area contributed by atoms with Crippen LogP contribution in [0.2, 0.25) is 0 Å². The highest BCUT2D eigenvalue weighted by atomic mass is 16.7. The molecule has 11 nitrogen and oxygen atoms in total. The monoisotopic (exact) mass is 435 g/mol. The van der Waals surface area contributed by atoms with E-state index < -0.39 is 10.7 Å². The number of para-hydroxylation sites is 1. The lowest BCUT2D eigenvalue weighted by atomic mass is 10.1. The molecule has 0 N–H and O–H groups in total. The third kappa shape index (κ3) is 2.97. The van der Waals surface area contributed by atoms with Gasteiger partial charge in [0.1, 0.15) is 18.0 Å². The quantitative estimate of drug-likeness (QED) is 0.327. The van der Waals surface area contributed by atoms with Gasteiger partial charge in [-0.2, -0.15) is 0 Å². The third-order valence-corrected chi connectivity index (χ3v) is 5.52. The Kier molecular flexibility index (Phi) is 4.58. The number of hydrogen-bond donors (Lipinski definition) is 0. The maximum Gasteiger partial charge on any atom is 0.361 e. The number of ether oxygens (including phenoxy) is 2. The van der Waals surface area contributed by atoms with Crippen molar-refractivity contribution in [1.82, 2.24) is 15.0 Å². The number of carbonyl (C=O) groups excluding carboxylic acids is 1. The third-order valence-electron chi connectivity index (χ3n) is 5.52. The number of benzene rings is 2. The van der Waals surface area contributed by atoms with Crippen LogP contribution < -0.4 is 10.5 Å². The molecule has 0 saturated heterocycles. The number of carbonyl (C=O) groups is 1. The van der Waals surface area contributed by atoms with Gasteiger partial charge < -0.3 is 14.4 Å². The average Bonchev–Trinajstić information content (AvgIpc) is 3.38. The Labute approximate surface area is 180 Å². The van der Waals surface area contributed by atoms with Gasteiger partial charge in [-0.05, 0) is 31.0 Å². The van der Waals surface area contributed by atoms with Crippen LogP contribution in [0.5, 0.6) is 0 Å². The predicted molar refractivity (Wildman–Crippen MR) is 111 cm³/mol. The number of rotatable bonds is 6. The second kappa shape index (κ2) is 7.45. The van der Waals surface area contributed by atoms with Crippen LogP contribution in [0.4, 0.5) is 11.4 Å². The number of anilines is 1. The highest BCUT2D eigenvalue weighted by Gasteiger charge is 2.56. The summed E-state index contributed by atoms with van der Waals surface area (Å²) in [4.78, 5) is 37.6. The second-order valence-electron chi connectivity index (χ2n) is 7.38. The lowest BCUT2D eigenvalue weighted by molar-refractivity contribution is -0.384. The molecule has 0 aliphatic carbocycles. The molecule has 2 aromatic carbocycles. The molecular formula is C21H17N5O6. The van der Waals surface area contributed by atoms with Gasteiger partial charge in [0, 0.05) is 25.2 Å².